The van der Waals surface area contributed by atoms with Crippen LogP contribution in [0.2, 0.25) is 0 Å². The molecular formula is C10H10N2O2. The molecular weight excluding hydrogens is 180 g/mol. The third-order valence-corrected chi connectivity index (χ3v) is 1.71. The summed E-state index contributed by atoms with van der Waals surface area (Å²) >= 11 is 0. The van der Waals surface area contributed by atoms with Crippen molar-refractivity contribution in [3.63, 3.8) is 0 Å². The Hall–Kier alpha value is -1.93. The van der Waals surface area contributed by atoms with Crippen LogP contribution in [-0.4, -0.2) is 12.0 Å². The Balaban J connectivity index is 3.07. The van der Waals surface area contributed by atoms with Gasteiger partial charge in [0.1, 0.15) is 0 Å². The third-order valence-electron chi connectivity index (χ3n) is 1.71. The van der Waals surface area contributed by atoms with Crippen LogP contribution in [0.4, 0.5) is 11.4 Å². The van der Waals surface area contributed by atoms with E-state index in [4.69, 9.17) is 0 Å². The van der Waals surface area contributed by atoms with Crippen LogP contribution < -0.4 is 5.32 Å². The number of carbonyl (C=O) groups excluding carboxylic acids is 2. The predicted octanol–water partition coefficient (Wildman–Crippen LogP) is 1.92. The van der Waals surface area contributed by atoms with Gasteiger partial charge in [0.05, 0.1) is 5.69 Å². The van der Waals surface area contributed by atoms with Crippen molar-refractivity contribution >= 4 is 23.4 Å². The van der Waals surface area contributed by atoms with Gasteiger partial charge < -0.3 is 5.32 Å². The van der Waals surface area contributed by atoms with E-state index in [1.54, 1.807) is 18.2 Å². The predicted molar refractivity (Wildman–Crippen MR) is 53.3 cm³/mol. The molecule has 0 fully saturated rings. The second-order valence-electron chi connectivity index (χ2n) is 2.88. The first-order valence-corrected chi connectivity index (χ1v) is 4.09. The summed E-state index contributed by atoms with van der Waals surface area (Å²) in [6.07, 6.45) is 1.45. The van der Waals surface area contributed by atoms with Crippen LogP contribution in [0.1, 0.15) is 12.5 Å². The van der Waals surface area contributed by atoms with E-state index in [1.165, 1.54) is 13.0 Å². The molecule has 1 aromatic carbocycles. The second-order valence-corrected chi connectivity index (χ2v) is 2.88. The highest BCUT2D eigenvalue weighted by Crippen LogP contribution is 2.21. The number of carbonyl (C=O) groups is 1. The third kappa shape index (κ3) is 2.54. The highest BCUT2D eigenvalue weighted by molar-refractivity contribution is 5.90. The van der Waals surface area contributed by atoms with Gasteiger partial charge >= 0.3 is 0 Å². The van der Waals surface area contributed by atoms with Gasteiger partial charge in [-0.3, -0.25) is 4.79 Å². The Morgan fingerprint density at radius 2 is 2.21 bits per heavy atom. The molecule has 1 amide bonds. The molecule has 0 aliphatic carbocycles. The minimum Gasteiger partial charge on any atom is -0.326 e. The summed E-state index contributed by atoms with van der Waals surface area (Å²) in [5, 5.41) is 2.64. The van der Waals surface area contributed by atoms with Gasteiger partial charge in [-0.2, -0.15) is 4.99 Å². The molecule has 1 N–H and O–H groups in total. The lowest BCUT2D eigenvalue weighted by molar-refractivity contribution is -0.114. The zero-order valence-electron chi connectivity index (χ0n) is 8.00. The maximum Gasteiger partial charge on any atom is 0.240 e. The molecule has 0 spiro atoms. The highest BCUT2D eigenvalue weighted by atomic mass is 16.1. The van der Waals surface area contributed by atoms with E-state index in [9.17, 15) is 9.59 Å². The van der Waals surface area contributed by atoms with Crippen molar-refractivity contribution in [1.82, 2.24) is 0 Å². The number of hydrogen-bond donors (Lipinski definition) is 1. The number of anilines is 1. The van der Waals surface area contributed by atoms with E-state index in [1.807, 2.05) is 6.92 Å². The number of hydrogen-bond acceptors (Lipinski definition) is 3. The topological polar surface area (TPSA) is 58.5 Å². The Kier molecular flexibility index (Phi) is 3.15. The van der Waals surface area contributed by atoms with E-state index in [-0.39, 0.29) is 5.91 Å². The van der Waals surface area contributed by atoms with Crippen LogP contribution in [0.3, 0.4) is 0 Å². The molecule has 0 aliphatic heterocycles. The molecule has 0 radical (unpaired) electrons. The molecule has 0 saturated heterocycles. The largest absolute Gasteiger partial charge is 0.326 e. The van der Waals surface area contributed by atoms with Crippen molar-refractivity contribution in [1.29, 1.82) is 0 Å². The molecule has 1 rings (SSSR count). The zero-order valence-corrected chi connectivity index (χ0v) is 8.00. The summed E-state index contributed by atoms with van der Waals surface area (Å²) < 4.78 is 0. The number of nitrogens with one attached hydrogen (secondary N) is 1. The number of nitrogens with zero attached hydrogens (tertiary/aromatic N) is 1. The minimum atomic E-state index is -0.152. The lowest BCUT2D eigenvalue weighted by Gasteiger charge is -2.05. The van der Waals surface area contributed by atoms with Gasteiger partial charge in [0.2, 0.25) is 12.0 Å². The molecule has 1 aromatic rings. The Morgan fingerprint density at radius 1 is 1.50 bits per heavy atom. The molecule has 4 heteroatoms. The number of aryl methyl sites for hydroxylation is 1. The summed E-state index contributed by atoms with van der Waals surface area (Å²) in [6, 6.07) is 5.09. The van der Waals surface area contributed by atoms with E-state index in [0.717, 1.165) is 5.56 Å². The number of amides is 1. The summed E-state index contributed by atoms with van der Waals surface area (Å²) in [6.45, 7) is 3.29. The lowest BCUT2D eigenvalue weighted by atomic mass is 10.2. The van der Waals surface area contributed by atoms with Crippen molar-refractivity contribution in [3.8, 4) is 0 Å². The highest BCUT2D eigenvalue weighted by Gasteiger charge is 2.01. The van der Waals surface area contributed by atoms with Crippen LogP contribution in [0, 0.1) is 6.92 Å². The zero-order chi connectivity index (χ0) is 10.6. The van der Waals surface area contributed by atoms with Crippen LogP contribution in [0.25, 0.3) is 0 Å². The molecule has 0 unspecified atom stereocenters. The summed E-state index contributed by atoms with van der Waals surface area (Å²) in [4.78, 5) is 24.3. The van der Waals surface area contributed by atoms with Gasteiger partial charge in [-0.1, -0.05) is 6.07 Å². The molecule has 0 aromatic heterocycles. The van der Waals surface area contributed by atoms with Crippen molar-refractivity contribution in [3.05, 3.63) is 23.8 Å². The first kappa shape index (κ1) is 10.2. The summed E-state index contributed by atoms with van der Waals surface area (Å²) in [5.74, 6) is -0.152. The van der Waals surface area contributed by atoms with Gasteiger partial charge in [0.15, 0.2) is 0 Å². The molecule has 0 aliphatic rings. The molecule has 4 nitrogen and oxygen atoms in total. The average molecular weight is 190 g/mol. The number of aliphatic imine (C=N–C) groups is 1. The molecule has 0 atom stereocenters. The van der Waals surface area contributed by atoms with Gasteiger partial charge in [-0.05, 0) is 24.6 Å². The molecule has 14 heavy (non-hydrogen) atoms. The van der Waals surface area contributed by atoms with E-state index in [0.29, 0.717) is 11.4 Å². The van der Waals surface area contributed by atoms with Gasteiger partial charge in [-0.15, -0.1) is 0 Å². The van der Waals surface area contributed by atoms with Crippen molar-refractivity contribution < 1.29 is 9.59 Å². The van der Waals surface area contributed by atoms with Crippen molar-refractivity contribution in [2.24, 2.45) is 4.99 Å². The van der Waals surface area contributed by atoms with Crippen LogP contribution in [0.5, 0.6) is 0 Å². The second kappa shape index (κ2) is 4.35. The van der Waals surface area contributed by atoms with Crippen LogP contribution >= 0.6 is 0 Å². The maximum atomic E-state index is 10.8. The monoisotopic (exact) mass is 190 g/mol. The van der Waals surface area contributed by atoms with E-state index >= 15 is 0 Å². The fourth-order valence-corrected chi connectivity index (χ4v) is 1.06. The van der Waals surface area contributed by atoms with Gasteiger partial charge in [-0.25, -0.2) is 4.79 Å². The fourth-order valence-electron chi connectivity index (χ4n) is 1.06. The quantitative estimate of drug-likeness (QED) is 0.572. The lowest BCUT2D eigenvalue weighted by Crippen LogP contribution is -2.06. The van der Waals surface area contributed by atoms with Crippen LogP contribution in [0.15, 0.2) is 23.2 Å². The molecule has 72 valence electrons. The number of isocyanates is 1. The smallest absolute Gasteiger partial charge is 0.240 e. The van der Waals surface area contributed by atoms with E-state index in [2.05, 4.69) is 10.3 Å². The van der Waals surface area contributed by atoms with Crippen molar-refractivity contribution in [2.75, 3.05) is 5.32 Å². The molecule has 0 bridgehead atoms. The molecule has 0 heterocycles. The standard InChI is InChI=1S/C10H10N2O2/c1-7-3-4-9(11-6-13)5-10(7)12-8(2)14/h3-5H,1-2H3,(H,12,14). The first-order valence-electron chi connectivity index (χ1n) is 4.09. The summed E-state index contributed by atoms with van der Waals surface area (Å²) in [7, 11) is 0. The van der Waals surface area contributed by atoms with Gasteiger partial charge in [0, 0.05) is 12.6 Å². The average Bonchev–Trinajstić information content (AvgIpc) is 2.10. The number of benzene rings is 1. The molecule has 0 saturated carbocycles. The van der Waals surface area contributed by atoms with Gasteiger partial charge in [0.25, 0.3) is 0 Å². The number of rotatable bonds is 2. The Morgan fingerprint density at radius 3 is 2.79 bits per heavy atom. The maximum absolute atomic E-state index is 10.8. The normalized spacial score (nSPS) is 9.00. The first-order chi connectivity index (χ1) is 6.63. The Labute approximate surface area is 81.7 Å². The fraction of sp³-hybridized carbons (Fsp3) is 0.200. The summed E-state index contributed by atoms with van der Waals surface area (Å²) in [5.41, 5.74) is 2.06. The SMILES string of the molecule is CC(=O)Nc1cc(N=C=O)ccc1C. The van der Waals surface area contributed by atoms with Crippen LogP contribution in [-0.2, 0) is 9.59 Å². The Bertz CT molecular complexity index is 407. The van der Waals surface area contributed by atoms with Crippen molar-refractivity contribution in [2.45, 2.75) is 13.8 Å². The van der Waals surface area contributed by atoms with E-state index < -0.39 is 0 Å². The minimum absolute atomic E-state index is 0.152.